The van der Waals surface area contributed by atoms with E-state index < -0.39 is 30.0 Å². The van der Waals surface area contributed by atoms with Crippen LogP contribution in [0.3, 0.4) is 0 Å². The molecule has 2 aromatic carbocycles. The maximum absolute atomic E-state index is 14.9. The molecule has 8 heteroatoms. The molecule has 2 aliphatic rings. The van der Waals surface area contributed by atoms with Gasteiger partial charge in [-0.2, -0.15) is 0 Å². The summed E-state index contributed by atoms with van der Waals surface area (Å²) >= 11 is 6.36. The van der Waals surface area contributed by atoms with Gasteiger partial charge in [-0.3, -0.25) is 14.4 Å². The molecular weight excluding hydrogens is 435 g/mol. The van der Waals surface area contributed by atoms with Crippen molar-refractivity contribution >= 4 is 40.5 Å². The predicted octanol–water partition coefficient (Wildman–Crippen LogP) is 5.36. The molecule has 1 atom stereocenters. The van der Waals surface area contributed by atoms with Gasteiger partial charge in [0.1, 0.15) is 12.2 Å². The van der Waals surface area contributed by atoms with Crippen molar-refractivity contribution in [2.24, 2.45) is 5.41 Å². The minimum absolute atomic E-state index is 0.115. The number of fused-ring (bicyclic) bond motifs is 1. The van der Waals surface area contributed by atoms with Crippen LogP contribution in [0.25, 0.3) is 0 Å². The van der Waals surface area contributed by atoms with Crippen LogP contribution >= 0.6 is 11.6 Å². The highest BCUT2D eigenvalue weighted by molar-refractivity contribution is 6.31. The fourth-order valence-electron chi connectivity index (χ4n) is 4.36. The molecule has 166 valence electrons. The second-order valence-electron chi connectivity index (χ2n) is 8.92. The first-order valence-electron chi connectivity index (χ1n) is 10.2. The largest absolute Gasteiger partial charge is 0.481 e. The van der Waals surface area contributed by atoms with Crippen LogP contribution in [0.4, 0.5) is 15.8 Å². The van der Waals surface area contributed by atoms with Crippen molar-refractivity contribution in [3.63, 3.8) is 0 Å². The molecule has 2 aromatic rings. The van der Waals surface area contributed by atoms with Crippen LogP contribution in [0, 0.1) is 11.2 Å². The minimum atomic E-state index is -1.21. The molecule has 0 bridgehead atoms. The number of anilines is 2. The van der Waals surface area contributed by atoms with E-state index in [4.69, 9.17) is 16.7 Å². The van der Waals surface area contributed by atoms with Crippen molar-refractivity contribution in [3.05, 3.63) is 69.6 Å². The third kappa shape index (κ3) is 4.12. The Balaban J connectivity index is 1.87. The van der Waals surface area contributed by atoms with E-state index in [0.29, 0.717) is 35.5 Å². The Morgan fingerprint density at radius 1 is 1.19 bits per heavy atom. The van der Waals surface area contributed by atoms with Gasteiger partial charge in [-0.15, -0.1) is 0 Å². The zero-order chi connectivity index (χ0) is 23.2. The first-order valence-corrected chi connectivity index (χ1v) is 10.6. The Kier molecular flexibility index (Phi) is 5.54. The van der Waals surface area contributed by atoms with Gasteiger partial charge in [-0.1, -0.05) is 31.5 Å². The minimum Gasteiger partial charge on any atom is -0.481 e. The molecule has 0 amide bonds. The van der Waals surface area contributed by atoms with E-state index in [-0.39, 0.29) is 27.3 Å². The molecule has 0 fully saturated rings. The first-order chi connectivity index (χ1) is 15.1. The van der Waals surface area contributed by atoms with Gasteiger partial charge in [0.05, 0.1) is 17.4 Å². The third-order valence-corrected chi connectivity index (χ3v) is 6.07. The Labute approximate surface area is 189 Å². The predicted molar refractivity (Wildman–Crippen MR) is 119 cm³/mol. The smallest absolute Gasteiger partial charge is 0.311 e. The maximum Gasteiger partial charge on any atom is 0.311 e. The Morgan fingerprint density at radius 3 is 2.62 bits per heavy atom. The molecule has 1 aliphatic carbocycles. The van der Waals surface area contributed by atoms with Gasteiger partial charge < -0.3 is 15.7 Å². The van der Waals surface area contributed by atoms with Gasteiger partial charge in [0.2, 0.25) is 0 Å². The number of carbonyl (C=O) groups is 3. The standard InChI is InChI=1S/C24H22ClFN2O4/c1-24(2)10-17-22(19(30)11-24)23(21-13(25)4-3-5-14(21)26)28-15-7-6-12(8-16(15)27-17)18(29)9-20(31)32/h3-8,23,27-28H,9-11H2,1-2H3,(H,31,32). The molecule has 0 saturated carbocycles. The fraction of sp³-hybridized carbons (Fsp3) is 0.292. The van der Waals surface area contributed by atoms with Gasteiger partial charge in [0, 0.05) is 33.8 Å². The Bertz CT molecular complexity index is 1170. The van der Waals surface area contributed by atoms with Crippen molar-refractivity contribution in [2.45, 2.75) is 39.2 Å². The molecule has 1 aliphatic heterocycles. The number of ketones is 2. The molecular formula is C24H22ClFN2O4. The number of carbonyl (C=O) groups excluding carboxylic acids is 2. The van der Waals surface area contributed by atoms with E-state index in [9.17, 15) is 18.8 Å². The highest BCUT2D eigenvalue weighted by Gasteiger charge is 2.40. The Hall–Kier alpha value is -3.19. The number of hydrogen-bond donors (Lipinski definition) is 3. The highest BCUT2D eigenvalue weighted by Crippen LogP contribution is 2.47. The second-order valence-corrected chi connectivity index (χ2v) is 9.33. The monoisotopic (exact) mass is 456 g/mol. The van der Waals surface area contributed by atoms with Gasteiger partial charge in [-0.25, -0.2) is 4.39 Å². The average Bonchev–Trinajstić information content (AvgIpc) is 2.82. The molecule has 1 heterocycles. The lowest BCUT2D eigenvalue weighted by atomic mass is 9.73. The summed E-state index contributed by atoms with van der Waals surface area (Å²) in [7, 11) is 0. The molecule has 3 N–H and O–H groups in total. The number of hydrogen-bond acceptors (Lipinski definition) is 5. The fourth-order valence-corrected chi connectivity index (χ4v) is 4.63. The van der Waals surface area contributed by atoms with Gasteiger partial charge in [0.25, 0.3) is 0 Å². The second kappa shape index (κ2) is 8.06. The number of nitrogens with one attached hydrogen (secondary N) is 2. The summed E-state index contributed by atoms with van der Waals surface area (Å²) in [6.07, 6.45) is 0.209. The molecule has 0 radical (unpaired) electrons. The van der Waals surface area contributed by atoms with Crippen LogP contribution in [0.1, 0.15) is 55.1 Å². The molecule has 1 unspecified atom stereocenters. The van der Waals surface area contributed by atoms with Crippen molar-refractivity contribution in [1.82, 2.24) is 0 Å². The summed E-state index contributed by atoms with van der Waals surface area (Å²) in [5.41, 5.74) is 2.18. The summed E-state index contributed by atoms with van der Waals surface area (Å²) in [6, 6.07) is 8.24. The normalized spacial score (nSPS) is 19.2. The van der Waals surface area contributed by atoms with Crippen LogP contribution in [0.2, 0.25) is 5.02 Å². The highest BCUT2D eigenvalue weighted by atomic mass is 35.5. The van der Waals surface area contributed by atoms with Crippen molar-refractivity contribution < 1.29 is 23.9 Å². The number of aliphatic carboxylic acids is 1. The van der Waals surface area contributed by atoms with E-state index in [1.54, 1.807) is 18.2 Å². The number of halogens is 2. The lowest BCUT2D eigenvalue weighted by molar-refractivity contribution is -0.136. The summed E-state index contributed by atoms with van der Waals surface area (Å²) < 4.78 is 14.9. The first kappa shape index (κ1) is 22.0. The number of rotatable bonds is 4. The van der Waals surface area contributed by atoms with E-state index in [2.05, 4.69) is 10.6 Å². The van der Waals surface area contributed by atoms with Gasteiger partial charge >= 0.3 is 5.97 Å². The van der Waals surface area contributed by atoms with Crippen LogP contribution in [0.5, 0.6) is 0 Å². The van der Waals surface area contributed by atoms with Crippen molar-refractivity contribution in [2.75, 3.05) is 10.6 Å². The van der Waals surface area contributed by atoms with Crippen LogP contribution in [-0.2, 0) is 9.59 Å². The maximum atomic E-state index is 14.9. The molecule has 0 aromatic heterocycles. The zero-order valence-electron chi connectivity index (χ0n) is 17.6. The summed E-state index contributed by atoms with van der Waals surface area (Å²) in [5.74, 6) is -2.39. The SMILES string of the molecule is CC1(C)CC(=O)C2=C(C1)Nc1cc(C(=O)CC(=O)O)ccc1NC2c1c(F)cccc1Cl. The molecule has 4 rings (SSSR count). The van der Waals surface area contributed by atoms with E-state index in [1.165, 1.54) is 18.2 Å². The van der Waals surface area contributed by atoms with E-state index in [0.717, 1.165) is 0 Å². The lowest BCUT2D eigenvalue weighted by Gasteiger charge is -2.34. The summed E-state index contributed by atoms with van der Waals surface area (Å²) in [4.78, 5) is 36.4. The summed E-state index contributed by atoms with van der Waals surface area (Å²) in [6.45, 7) is 3.96. The van der Waals surface area contributed by atoms with E-state index in [1.807, 2.05) is 13.8 Å². The van der Waals surface area contributed by atoms with Crippen LogP contribution in [-0.4, -0.2) is 22.6 Å². The van der Waals surface area contributed by atoms with Crippen LogP contribution in [0.15, 0.2) is 47.7 Å². The van der Waals surface area contributed by atoms with Gasteiger partial charge in [-0.05, 0) is 42.2 Å². The number of Topliss-reactive ketones (excluding diaryl/α,β-unsaturated/α-hetero) is 2. The number of carboxylic acids is 1. The summed E-state index contributed by atoms with van der Waals surface area (Å²) in [5, 5.41) is 15.6. The topological polar surface area (TPSA) is 95.5 Å². The zero-order valence-corrected chi connectivity index (χ0v) is 18.3. The molecule has 0 saturated heterocycles. The van der Waals surface area contributed by atoms with E-state index >= 15 is 0 Å². The van der Waals surface area contributed by atoms with Crippen molar-refractivity contribution in [1.29, 1.82) is 0 Å². The van der Waals surface area contributed by atoms with Gasteiger partial charge in [0.15, 0.2) is 11.6 Å². The van der Waals surface area contributed by atoms with Crippen LogP contribution < -0.4 is 10.6 Å². The van der Waals surface area contributed by atoms with Crippen molar-refractivity contribution in [3.8, 4) is 0 Å². The third-order valence-electron chi connectivity index (χ3n) is 5.74. The number of allylic oxidation sites excluding steroid dienone is 1. The molecule has 32 heavy (non-hydrogen) atoms. The number of benzene rings is 2. The average molecular weight is 457 g/mol. The quantitative estimate of drug-likeness (QED) is 0.423. The molecule has 0 spiro atoms. The lowest BCUT2D eigenvalue weighted by Crippen LogP contribution is -2.31. The Morgan fingerprint density at radius 2 is 1.94 bits per heavy atom. The number of carboxylic acid groups (broad SMARTS) is 1. The molecule has 6 nitrogen and oxygen atoms in total.